The first-order chi connectivity index (χ1) is 13.1. The number of hydrogen-bond acceptors (Lipinski definition) is 6. The Kier molecular flexibility index (Phi) is 5.36. The van der Waals surface area contributed by atoms with Gasteiger partial charge in [-0.25, -0.2) is 0 Å². The van der Waals surface area contributed by atoms with E-state index in [-0.39, 0.29) is 18.6 Å². The predicted molar refractivity (Wildman–Crippen MR) is 107 cm³/mol. The molecule has 142 valence electrons. The number of piperidine rings is 1. The van der Waals surface area contributed by atoms with Crippen LogP contribution in [-0.4, -0.2) is 52.4 Å². The number of benzene rings is 1. The number of ether oxygens (including phenoxy) is 2. The van der Waals surface area contributed by atoms with E-state index in [0.717, 1.165) is 31.5 Å². The quantitative estimate of drug-likeness (QED) is 0.568. The Morgan fingerprint density at radius 3 is 2.78 bits per heavy atom. The van der Waals surface area contributed by atoms with Crippen molar-refractivity contribution in [2.45, 2.75) is 25.7 Å². The number of amides is 2. The molecule has 27 heavy (non-hydrogen) atoms. The van der Waals surface area contributed by atoms with E-state index in [1.165, 1.54) is 23.1 Å². The molecular formula is C19H20N2O4S2. The van der Waals surface area contributed by atoms with Crippen molar-refractivity contribution in [3.8, 4) is 11.5 Å². The second kappa shape index (κ2) is 7.90. The van der Waals surface area contributed by atoms with Crippen molar-refractivity contribution in [1.29, 1.82) is 0 Å². The molecule has 0 atom stereocenters. The van der Waals surface area contributed by atoms with E-state index in [1.54, 1.807) is 6.08 Å². The van der Waals surface area contributed by atoms with Crippen molar-refractivity contribution in [3.05, 3.63) is 28.7 Å². The molecule has 6 nitrogen and oxygen atoms in total. The van der Waals surface area contributed by atoms with Gasteiger partial charge in [0, 0.05) is 26.1 Å². The fourth-order valence-electron chi connectivity index (χ4n) is 3.36. The second-order valence-electron chi connectivity index (χ2n) is 6.64. The number of thiocarbonyl (C=S) groups is 1. The Morgan fingerprint density at radius 1 is 1.19 bits per heavy atom. The second-order valence-corrected chi connectivity index (χ2v) is 8.31. The lowest BCUT2D eigenvalue weighted by molar-refractivity contribution is -0.132. The van der Waals surface area contributed by atoms with Crippen molar-refractivity contribution in [2.75, 3.05) is 26.4 Å². The summed E-state index contributed by atoms with van der Waals surface area (Å²) in [5.41, 5.74) is 0.851. The van der Waals surface area contributed by atoms with Gasteiger partial charge in [0.15, 0.2) is 11.5 Å². The number of carbonyl (C=O) groups excluding carboxylic acids is 2. The zero-order valence-electron chi connectivity index (χ0n) is 14.8. The van der Waals surface area contributed by atoms with Crippen molar-refractivity contribution >= 4 is 46.2 Å². The monoisotopic (exact) mass is 404 g/mol. The zero-order chi connectivity index (χ0) is 18.8. The summed E-state index contributed by atoms with van der Waals surface area (Å²) >= 11 is 6.63. The molecular weight excluding hydrogens is 384 g/mol. The minimum atomic E-state index is -0.144. The summed E-state index contributed by atoms with van der Waals surface area (Å²) in [6, 6.07) is 5.54. The molecule has 3 aliphatic heterocycles. The smallest absolute Gasteiger partial charge is 0.266 e. The summed E-state index contributed by atoms with van der Waals surface area (Å²) in [5, 5.41) is 0. The number of thioether (sulfide) groups is 1. The molecule has 0 radical (unpaired) electrons. The molecule has 1 aromatic carbocycles. The van der Waals surface area contributed by atoms with Crippen LogP contribution < -0.4 is 9.47 Å². The number of fused-ring (bicyclic) bond motifs is 1. The zero-order valence-corrected chi connectivity index (χ0v) is 16.4. The van der Waals surface area contributed by atoms with Gasteiger partial charge < -0.3 is 14.4 Å². The Bertz CT molecular complexity index is 818. The number of rotatable bonds is 4. The standard InChI is InChI=1S/C19H20N2O4S2/c22-17(20-7-2-1-3-8-20)6-9-21-18(23)16(27-19(21)26)11-13-4-5-14-15(10-13)25-12-24-14/h4-5,10-11H,1-3,6-9,12H2. The molecule has 0 N–H and O–H groups in total. The van der Waals surface area contributed by atoms with Gasteiger partial charge in [-0.2, -0.15) is 0 Å². The lowest BCUT2D eigenvalue weighted by atomic mass is 10.1. The van der Waals surface area contributed by atoms with Gasteiger partial charge in [0.2, 0.25) is 12.7 Å². The van der Waals surface area contributed by atoms with E-state index in [1.807, 2.05) is 23.1 Å². The van der Waals surface area contributed by atoms with Crippen LogP contribution in [0.15, 0.2) is 23.1 Å². The summed E-state index contributed by atoms with van der Waals surface area (Å²) in [6.45, 7) is 2.19. The van der Waals surface area contributed by atoms with Gasteiger partial charge in [-0.1, -0.05) is 30.0 Å². The van der Waals surface area contributed by atoms with Crippen LogP contribution in [0.2, 0.25) is 0 Å². The van der Waals surface area contributed by atoms with E-state index in [9.17, 15) is 9.59 Å². The highest BCUT2D eigenvalue weighted by Crippen LogP contribution is 2.36. The van der Waals surface area contributed by atoms with Crippen LogP contribution in [0.1, 0.15) is 31.2 Å². The van der Waals surface area contributed by atoms with Gasteiger partial charge in [0.1, 0.15) is 4.32 Å². The van der Waals surface area contributed by atoms with Gasteiger partial charge in [-0.3, -0.25) is 14.5 Å². The van der Waals surface area contributed by atoms with E-state index in [0.29, 0.717) is 33.7 Å². The molecule has 0 saturated carbocycles. The molecule has 2 fully saturated rings. The maximum atomic E-state index is 12.7. The SMILES string of the molecule is O=C(CCN1C(=O)C(=Cc2ccc3c(c2)OCO3)SC1=S)N1CCCCC1. The normalized spacial score (nSPS) is 20.7. The molecule has 0 unspecified atom stereocenters. The summed E-state index contributed by atoms with van der Waals surface area (Å²) in [5.74, 6) is 1.33. The molecule has 2 saturated heterocycles. The van der Waals surface area contributed by atoms with Crippen LogP contribution in [0, 0.1) is 0 Å². The first kappa shape index (κ1) is 18.3. The van der Waals surface area contributed by atoms with Crippen LogP contribution in [0.3, 0.4) is 0 Å². The van der Waals surface area contributed by atoms with Gasteiger partial charge >= 0.3 is 0 Å². The largest absolute Gasteiger partial charge is 0.454 e. The van der Waals surface area contributed by atoms with Crippen LogP contribution >= 0.6 is 24.0 Å². The lowest BCUT2D eigenvalue weighted by Crippen LogP contribution is -2.38. The molecule has 3 heterocycles. The van der Waals surface area contributed by atoms with Crippen molar-refractivity contribution in [2.24, 2.45) is 0 Å². The molecule has 0 aromatic heterocycles. The third-order valence-electron chi connectivity index (χ3n) is 4.83. The summed E-state index contributed by atoms with van der Waals surface area (Å²) in [4.78, 5) is 29.0. The van der Waals surface area contributed by atoms with Crippen LogP contribution in [0.5, 0.6) is 11.5 Å². The number of hydrogen-bond donors (Lipinski definition) is 0. The fourth-order valence-corrected chi connectivity index (χ4v) is 4.66. The van der Waals surface area contributed by atoms with E-state index in [4.69, 9.17) is 21.7 Å². The van der Waals surface area contributed by atoms with Gasteiger partial charge in [0.25, 0.3) is 5.91 Å². The predicted octanol–water partition coefficient (Wildman–Crippen LogP) is 3.02. The summed E-state index contributed by atoms with van der Waals surface area (Å²) < 4.78 is 11.2. The van der Waals surface area contributed by atoms with Gasteiger partial charge in [0.05, 0.1) is 4.91 Å². The molecule has 2 amide bonds. The Hall–Kier alpha value is -2.06. The Morgan fingerprint density at radius 2 is 1.96 bits per heavy atom. The summed E-state index contributed by atoms with van der Waals surface area (Å²) in [6.07, 6.45) is 5.41. The summed E-state index contributed by atoms with van der Waals surface area (Å²) in [7, 11) is 0. The highest BCUT2D eigenvalue weighted by molar-refractivity contribution is 8.26. The molecule has 1 aromatic rings. The fraction of sp³-hybridized carbons (Fsp3) is 0.421. The lowest BCUT2D eigenvalue weighted by Gasteiger charge is -2.27. The average molecular weight is 405 g/mol. The number of carbonyl (C=O) groups is 2. The van der Waals surface area contributed by atoms with Crippen molar-refractivity contribution in [1.82, 2.24) is 9.80 Å². The third-order valence-corrected chi connectivity index (χ3v) is 6.20. The molecule has 8 heteroatoms. The third kappa shape index (κ3) is 3.96. The highest BCUT2D eigenvalue weighted by atomic mass is 32.2. The topological polar surface area (TPSA) is 59.1 Å². The average Bonchev–Trinajstić information content (AvgIpc) is 3.25. The molecule has 0 spiro atoms. The van der Waals surface area contributed by atoms with E-state index < -0.39 is 0 Å². The minimum Gasteiger partial charge on any atom is -0.454 e. The van der Waals surface area contributed by atoms with Crippen molar-refractivity contribution < 1.29 is 19.1 Å². The Balaban J connectivity index is 1.40. The first-order valence-electron chi connectivity index (χ1n) is 9.04. The van der Waals surface area contributed by atoms with E-state index in [2.05, 4.69) is 0 Å². The maximum Gasteiger partial charge on any atom is 0.266 e. The molecule has 0 bridgehead atoms. The van der Waals surface area contributed by atoms with Crippen molar-refractivity contribution in [3.63, 3.8) is 0 Å². The number of likely N-dealkylation sites (tertiary alicyclic amines) is 1. The highest BCUT2D eigenvalue weighted by Gasteiger charge is 2.32. The molecule has 0 aliphatic carbocycles. The van der Waals surface area contributed by atoms with E-state index >= 15 is 0 Å². The molecule has 3 aliphatic rings. The first-order valence-corrected chi connectivity index (χ1v) is 10.3. The Labute approximate surface area is 167 Å². The molecule has 4 rings (SSSR count). The van der Waals surface area contributed by atoms with Crippen LogP contribution in [0.25, 0.3) is 6.08 Å². The van der Waals surface area contributed by atoms with Gasteiger partial charge in [-0.05, 0) is 43.0 Å². The van der Waals surface area contributed by atoms with Crippen LogP contribution in [0.4, 0.5) is 0 Å². The minimum absolute atomic E-state index is 0.100. The van der Waals surface area contributed by atoms with Crippen LogP contribution in [-0.2, 0) is 9.59 Å². The van der Waals surface area contributed by atoms with Gasteiger partial charge in [-0.15, -0.1) is 0 Å². The number of nitrogens with zero attached hydrogens (tertiary/aromatic N) is 2. The maximum absolute atomic E-state index is 12.7.